The number of nitrogens with zero attached hydrogens (tertiary/aromatic N) is 3. The summed E-state index contributed by atoms with van der Waals surface area (Å²) in [5, 5.41) is 0.814. The molecule has 0 saturated carbocycles. The average molecular weight is 380 g/mol. The lowest BCUT2D eigenvalue weighted by atomic mass is 9.89. The summed E-state index contributed by atoms with van der Waals surface area (Å²) in [6, 6.07) is 13.2. The van der Waals surface area contributed by atoms with Crippen LogP contribution in [0.4, 0.5) is 0 Å². The van der Waals surface area contributed by atoms with Gasteiger partial charge in [-0.15, -0.1) is 0 Å². The number of hydrogen-bond donors (Lipinski definition) is 0. The Hall–Kier alpha value is -1.84. The number of piperidine rings is 1. The van der Waals surface area contributed by atoms with Crippen LogP contribution in [0.15, 0.2) is 36.4 Å². The lowest BCUT2D eigenvalue weighted by Crippen LogP contribution is -2.33. The van der Waals surface area contributed by atoms with Gasteiger partial charge in [-0.3, -0.25) is 4.90 Å². The predicted octanol–water partition coefficient (Wildman–Crippen LogP) is 5.32. The van der Waals surface area contributed by atoms with E-state index in [1.807, 2.05) is 6.07 Å². The lowest BCUT2D eigenvalue weighted by Gasteiger charge is -2.32. The molecule has 0 radical (unpaired) electrons. The van der Waals surface area contributed by atoms with Gasteiger partial charge in [-0.25, -0.2) is 4.98 Å². The molecule has 0 N–H and O–H groups in total. The topological polar surface area (TPSA) is 21.1 Å². The fourth-order valence-corrected chi connectivity index (χ4v) is 5.13. The van der Waals surface area contributed by atoms with Crippen molar-refractivity contribution in [2.45, 2.75) is 51.6 Å². The first-order chi connectivity index (χ1) is 13.2. The summed E-state index contributed by atoms with van der Waals surface area (Å²) in [4.78, 5) is 7.54. The highest BCUT2D eigenvalue weighted by Crippen LogP contribution is 2.32. The third-order valence-electron chi connectivity index (χ3n) is 6.26. The SMILES string of the molecule is Cc1cccc(C2CCN(Cc3nc4cc(Cl)cc5c4n3CCC5)CC2)c1. The number of imidazole rings is 1. The second kappa shape index (κ2) is 6.96. The Bertz CT molecular complexity index is 983. The molecule has 140 valence electrons. The van der Waals surface area contributed by atoms with Crippen LogP contribution in [-0.2, 0) is 19.5 Å². The van der Waals surface area contributed by atoms with Gasteiger partial charge in [0.05, 0.1) is 17.6 Å². The molecule has 0 aliphatic carbocycles. The molecule has 1 fully saturated rings. The van der Waals surface area contributed by atoms with Crippen LogP contribution in [-0.4, -0.2) is 27.5 Å². The normalized spacial score (nSPS) is 18.3. The summed E-state index contributed by atoms with van der Waals surface area (Å²) >= 11 is 6.31. The molecule has 0 unspecified atom stereocenters. The van der Waals surface area contributed by atoms with Crippen LogP contribution < -0.4 is 0 Å². The van der Waals surface area contributed by atoms with Gasteiger partial charge in [-0.2, -0.15) is 0 Å². The summed E-state index contributed by atoms with van der Waals surface area (Å²) in [5.41, 5.74) is 6.63. The van der Waals surface area contributed by atoms with Gasteiger partial charge >= 0.3 is 0 Å². The van der Waals surface area contributed by atoms with E-state index in [-0.39, 0.29) is 0 Å². The highest BCUT2D eigenvalue weighted by atomic mass is 35.5. The highest BCUT2D eigenvalue weighted by molar-refractivity contribution is 6.31. The predicted molar refractivity (Wildman–Crippen MR) is 111 cm³/mol. The zero-order valence-electron chi connectivity index (χ0n) is 15.9. The minimum absolute atomic E-state index is 0.698. The van der Waals surface area contributed by atoms with Gasteiger partial charge in [-0.1, -0.05) is 41.4 Å². The first-order valence-electron chi connectivity index (χ1n) is 10.1. The number of aryl methyl sites for hydroxylation is 3. The minimum atomic E-state index is 0.698. The Labute approximate surface area is 166 Å². The van der Waals surface area contributed by atoms with Crippen molar-refractivity contribution in [1.29, 1.82) is 0 Å². The molecule has 1 aromatic heterocycles. The van der Waals surface area contributed by atoms with Gasteiger partial charge in [-0.05, 0) is 74.9 Å². The van der Waals surface area contributed by atoms with E-state index in [0.717, 1.165) is 43.1 Å². The van der Waals surface area contributed by atoms with Gasteiger partial charge < -0.3 is 4.57 Å². The third-order valence-corrected chi connectivity index (χ3v) is 6.48. The molecule has 2 aliphatic heterocycles. The van der Waals surface area contributed by atoms with Crippen LogP contribution in [0.25, 0.3) is 11.0 Å². The molecule has 2 aromatic carbocycles. The fourth-order valence-electron chi connectivity index (χ4n) is 4.89. The standard InChI is InChI=1S/C23H26ClN3/c1-16-4-2-5-18(12-16)17-7-10-26(11-8-17)15-22-25-21-14-20(24)13-19-6-3-9-27(22)23(19)21/h2,4-5,12-14,17H,3,6-11,15H2,1H3. The van der Waals surface area contributed by atoms with E-state index < -0.39 is 0 Å². The maximum absolute atomic E-state index is 6.31. The summed E-state index contributed by atoms with van der Waals surface area (Å²) in [6.07, 6.45) is 4.77. The number of benzene rings is 2. The number of rotatable bonds is 3. The van der Waals surface area contributed by atoms with E-state index in [1.165, 1.54) is 47.3 Å². The summed E-state index contributed by atoms with van der Waals surface area (Å²) < 4.78 is 2.44. The Balaban J connectivity index is 1.33. The van der Waals surface area contributed by atoms with Crippen molar-refractivity contribution in [3.8, 4) is 0 Å². The molecule has 4 heteroatoms. The Morgan fingerprint density at radius 1 is 1.11 bits per heavy atom. The molecule has 1 saturated heterocycles. The molecule has 0 spiro atoms. The fraction of sp³-hybridized carbons (Fsp3) is 0.435. The second-order valence-corrected chi connectivity index (χ2v) is 8.62. The molecule has 3 nitrogen and oxygen atoms in total. The maximum atomic E-state index is 6.31. The molecule has 3 heterocycles. The first-order valence-corrected chi connectivity index (χ1v) is 10.5. The van der Waals surface area contributed by atoms with E-state index >= 15 is 0 Å². The van der Waals surface area contributed by atoms with E-state index in [1.54, 1.807) is 0 Å². The highest BCUT2D eigenvalue weighted by Gasteiger charge is 2.24. The largest absolute Gasteiger partial charge is 0.327 e. The van der Waals surface area contributed by atoms with Gasteiger partial charge in [0, 0.05) is 11.6 Å². The summed E-state index contributed by atoms with van der Waals surface area (Å²) in [5.74, 6) is 1.91. The summed E-state index contributed by atoms with van der Waals surface area (Å²) in [7, 11) is 0. The molecule has 27 heavy (non-hydrogen) atoms. The molecule has 5 rings (SSSR count). The first kappa shape index (κ1) is 17.3. The van der Waals surface area contributed by atoms with Crippen molar-refractivity contribution in [2.75, 3.05) is 13.1 Å². The molecule has 3 aromatic rings. The molecule has 2 aliphatic rings. The Morgan fingerprint density at radius 2 is 1.96 bits per heavy atom. The van der Waals surface area contributed by atoms with Crippen LogP contribution >= 0.6 is 11.6 Å². The Kier molecular flexibility index (Phi) is 4.45. The van der Waals surface area contributed by atoms with Gasteiger partial charge in [0.25, 0.3) is 0 Å². The van der Waals surface area contributed by atoms with E-state index in [2.05, 4.69) is 46.7 Å². The van der Waals surface area contributed by atoms with Crippen molar-refractivity contribution in [1.82, 2.24) is 14.5 Å². The van der Waals surface area contributed by atoms with Crippen LogP contribution in [0.2, 0.25) is 5.02 Å². The van der Waals surface area contributed by atoms with Gasteiger partial charge in [0.15, 0.2) is 0 Å². The monoisotopic (exact) mass is 379 g/mol. The van der Waals surface area contributed by atoms with Crippen molar-refractivity contribution in [3.05, 3.63) is 63.9 Å². The quantitative estimate of drug-likeness (QED) is 0.613. The van der Waals surface area contributed by atoms with Gasteiger partial charge in [0.1, 0.15) is 5.82 Å². The van der Waals surface area contributed by atoms with E-state index in [0.29, 0.717) is 5.92 Å². The van der Waals surface area contributed by atoms with Crippen LogP contribution in [0.3, 0.4) is 0 Å². The number of hydrogen-bond acceptors (Lipinski definition) is 2. The van der Waals surface area contributed by atoms with Crippen molar-refractivity contribution in [2.24, 2.45) is 0 Å². The Morgan fingerprint density at radius 3 is 2.78 bits per heavy atom. The molecule has 0 atom stereocenters. The second-order valence-electron chi connectivity index (χ2n) is 8.18. The molecule has 0 bridgehead atoms. The lowest BCUT2D eigenvalue weighted by molar-refractivity contribution is 0.198. The summed E-state index contributed by atoms with van der Waals surface area (Å²) in [6.45, 7) is 6.52. The third kappa shape index (κ3) is 3.28. The number of aromatic nitrogens is 2. The smallest absolute Gasteiger partial charge is 0.124 e. The van der Waals surface area contributed by atoms with Crippen LogP contribution in [0.5, 0.6) is 0 Å². The molecular formula is C23H26ClN3. The van der Waals surface area contributed by atoms with E-state index in [9.17, 15) is 0 Å². The van der Waals surface area contributed by atoms with Crippen LogP contribution in [0.1, 0.15) is 47.7 Å². The zero-order valence-corrected chi connectivity index (χ0v) is 16.7. The molecular weight excluding hydrogens is 354 g/mol. The molecule has 0 amide bonds. The van der Waals surface area contributed by atoms with Crippen molar-refractivity contribution >= 4 is 22.6 Å². The number of likely N-dealkylation sites (tertiary alicyclic amines) is 1. The minimum Gasteiger partial charge on any atom is -0.327 e. The van der Waals surface area contributed by atoms with Gasteiger partial charge in [0.2, 0.25) is 0 Å². The average Bonchev–Trinajstić information content (AvgIpc) is 3.01. The zero-order chi connectivity index (χ0) is 18.4. The number of halogens is 1. The van der Waals surface area contributed by atoms with E-state index in [4.69, 9.17) is 16.6 Å². The maximum Gasteiger partial charge on any atom is 0.124 e. The van der Waals surface area contributed by atoms with Crippen LogP contribution in [0, 0.1) is 6.92 Å². The van der Waals surface area contributed by atoms with Crippen molar-refractivity contribution < 1.29 is 0 Å². The van der Waals surface area contributed by atoms with Crippen molar-refractivity contribution in [3.63, 3.8) is 0 Å².